The van der Waals surface area contributed by atoms with E-state index in [9.17, 15) is 0 Å². The number of nitrogens with two attached hydrogens (primary N) is 1. The third-order valence-corrected chi connectivity index (χ3v) is 2.11. The van der Waals surface area contributed by atoms with E-state index in [2.05, 4.69) is 38.1 Å². The van der Waals surface area contributed by atoms with E-state index >= 15 is 0 Å². The summed E-state index contributed by atoms with van der Waals surface area (Å²) < 4.78 is 0. The van der Waals surface area contributed by atoms with Crippen molar-refractivity contribution in [3.8, 4) is 0 Å². The molecular weight excluding hydrogens is 170 g/mol. The lowest BCUT2D eigenvalue weighted by molar-refractivity contribution is 0.638. The van der Waals surface area contributed by atoms with Gasteiger partial charge in [-0.1, -0.05) is 57.0 Å². The average Bonchev–Trinajstić information content (AvgIpc) is 2.22. The molecule has 0 bridgehead atoms. The smallest absolute Gasteiger partial charge is 0.0294 e. The van der Waals surface area contributed by atoms with Gasteiger partial charge in [-0.25, -0.2) is 0 Å². The predicted molar refractivity (Wildman–Crippen MR) is 64.4 cm³/mol. The number of benzene rings is 1. The Morgan fingerprint density at radius 3 is 2.07 bits per heavy atom. The molecule has 0 aromatic heterocycles. The quantitative estimate of drug-likeness (QED) is 0.776. The fourth-order valence-corrected chi connectivity index (χ4v) is 1.29. The highest BCUT2D eigenvalue weighted by Gasteiger charge is 2.02. The molecule has 0 aliphatic rings. The Balaban J connectivity index is 0.000000791. The second-order valence-corrected chi connectivity index (χ2v) is 3.31. The van der Waals surface area contributed by atoms with Crippen molar-refractivity contribution in [2.24, 2.45) is 5.73 Å². The summed E-state index contributed by atoms with van der Waals surface area (Å²) >= 11 is 0. The molecule has 2 N–H and O–H groups in total. The number of hydrogen-bond acceptors (Lipinski definition) is 1. The van der Waals surface area contributed by atoms with Crippen molar-refractivity contribution in [3.63, 3.8) is 0 Å². The van der Waals surface area contributed by atoms with Crippen molar-refractivity contribution in [3.05, 3.63) is 35.4 Å². The van der Waals surface area contributed by atoms with Crippen LogP contribution in [0.2, 0.25) is 0 Å². The minimum absolute atomic E-state index is 0.218. The minimum atomic E-state index is 0.218. The lowest BCUT2D eigenvalue weighted by Crippen LogP contribution is -2.09. The third-order valence-electron chi connectivity index (χ3n) is 2.11. The Morgan fingerprint density at radius 1 is 1.14 bits per heavy atom. The molecule has 1 aromatic carbocycles. The van der Waals surface area contributed by atoms with Crippen LogP contribution in [-0.2, 0) is 0 Å². The minimum Gasteiger partial charge on any atom is -0.324 e. The molecule has 0 aliphatic carbocycles. The summed E-state index contributed by atoms with van der Waals surface area (Å²) in [5, 5.41) is 0. The van der Waals surface area contributed by atoms with Gasteiger partial charge in [0.15, 0.2) is 0 Å². The molecular formula is C13H23N. The van der Waals surface area contributed by atoms with Gasteiger partial charge in [-0.2, -0.15) is 0 Å². The van der Waals surface area contributed by atoms with E-state index in [-0.39, 0.29) is 6.04 Å². The summed E-state index contributed by atoms with van der Waals surface area (Å²) in [6.45, 7) is 8.25. The van der Waals surface area contributed by atoms with Crippen LogP contribution in [0.3, 0.4) is 0 Å². The Bertz CT molecular complexity index is 225. The highest BCUT2D eigenvalue weighted by Crippen LogP contribution is 2.15. The van der Waals surface area contributed by atoms with Crippen LogP contribution in [0.5, 0.6) is 0 Å². The Kier molecular flexibility index (Phi) is 7.13. The maximum Gasteiger partial charge on any atom is 0.0294 e. The fourth-order valence-electron chi connectivity index (χ4n) is 1.29. The summed E-state index contributed by atoms with van der Waals surface area (Å²) in [5.74, 6) is 0. The first kappa shape index (κ1) is 13.2. The number of hydrogen-bond donors (Lipinski definition) is 1. The summed E-state index contributed by atoms with van der Waals surface area (Å²) in [4.78, 5) is 0. The molecule has 0 amide bonds. The molecule has 0 fully saturated rings. The molecule has 0 aliphatic heterocycles. The maximum atomic E-state index is 5.96. The van der Waals surface area contributed by atoms with Crippen molar-refractivity contribution in [2.45, 2.75) is 46.6 Å². The van der Waals surface area contributed by atoms with Crippen LogP contribution < -0.4 is 5.73 Å². The van der Waals surface area contributed by atoms with Crippen molar-refractivity contribution in [1.29, 1.82) is 0 Å². The Labute approximate surface area is 88.3 Å². The summed E-state index contributed by atoms with van der Waals surface area (Å²) in [6.07, 6.45) is 2.22. The van der Waals surface area contributed by atoms with Crippen LogP contribution in [0.25, 0.3) is 0 Å². The van der Waals surface area contributed by atoms with Crippen LogP contribution in [-0.4, -0.2) is 0 Å². The van der Waals surface area contributed by atoms with Crippen molar-refractivity contribution < 1.29 is 0 Å². The van der Waals surface area contributed by atoms with E-state index in [0.717, 1.165) is 12.8 Å². The van der Waals surface area contributed by atoms with Gasteiger partial charge in [0.2, 0.25) is 0 Å². The van der Waals surface area contributed by atoms with Gasteiger partial charge in [0.05, 0.1) is 0 Å². The van der Waals surface area contributed by atoms with E-state index in [1.54, 1.807) is 0 Å². The number of aryl methyl sites for hydroxylation is 1. The first-order valence-corrected chi connectivity index (χ1v) is 5.56. The van der Waals surface area contributed by atoms with E-state index in [1.807, 2.05) is 13.8 Å². The third kappa shape index (κ3) is 4.43. The monoisotopic (exact) mass is 193 g/mol. The van der Waals surface area contributed by atoms with Gasteiger partial charge in [0, 0.05) is 6.04 Å². The molecule has 1 aromatic rings. The van der Waals surface area contributed by atoms with Gasteiger partial charge < -0.3 is 5.73 Å². The highest BCUT2D eigenvalue weighted by atomic mass is 14.6. The summed E-state index contributed by atoms with van der Waals surface area (Å²) in [6, 6.07) is 8.69. The van der Waals surface area contributed by atoms with Crippen molar-refractivity contribution in [2.75, 3.05) is 0 Å². The lowest BCUT2D eigenvalue weighted by Gasteiger charge is -2.10. The largest absolute Gasteiger partial charge is 0.324 e. The first-order chi connectivity index (χ1) is 6.74. The SMILES string of the molecule is CC.CCCC(N)c1ccc(C)cc1. The maximum absolute atomic E-state index is 5.96. The zero-order valence-corrected chi connectivity index (χ0v) is 9.88. The highest BCUT2D eigenvalue weighted by molar-refractivity contribution is 5.23. The summed E-state index contributed by atoms with van der Waals surface area (Å²) in [5.41, 5.74) is 8.50. The topological polar surface area (TPSA) is 26.0 Å². The van der Waals surface area contributed by atoms with Crippen LogP contribution in [0, 0.1) is 6.92 Å². The van der Waals surface area contributed by atoms with Crippen molar-refractivity contribution in [1.82, 2.24) is 0 Å². The second-order valence-electron chi connectivity index (χ2n) is 3.31. The first-order valence-electron chi connectivity index (χ1n) is 5.56. The molecule has 1 nitrogen and oxygen atoms in total. The normalized spacial score (nSPS) is 11.5. The molecule has 0 saturated carbocycles. The van der Waals surface area contributed by atoms with E-state index in [4.69, 9.17) is 5.73 Å². The average molecular weight is 193 g/mol. The Morgan fingerprint density at radius 2 is 1.64 bits per heavy atom. The molecule has 1 atom stereocenters. The molecule has 80 valence electrons. The number of rotatable bonds is 3. The zero-order valence-electron chi connectivity index (χ0n) is 9.88. The molecule has 0 heterocycles. The van der Waals surface area contributed by atoms with Crippen LogP contribution in [0.1, 0.15) is 50.8 Å². The second kappa shape index (κ2) is 7.57. The molecule has 0 radical (unpaired) electrons. The van der Waals surface area contributed by atoms with Crippen LogP contribution in [0.4, 0.5) is 0 Å². The van der Waals surface area contributed by atoms with Crippen LogP contribution >= 0.6 is 0 Å². The predicted octanol–water partition coefficient (Wildman–Crippen LogP) is 3.82. The summed E-state index contributed by atoms with van der Waals surface area (Å²) in [7, 11) is 0. The molecule has 1 unspecified atom stereocenters. The standard InChI is InChI=1S/C11H17N.C2H6/c1-3-4-11(12)10-7-5-9(2)6-8-10;1-2/h5-8,11H,3-4,12H2,1-2H3;1-2H3. The fraction of sp³-hybridized carbons (Fsp3) is 0.538. The molecule has 0 saturated heterocycles. The van der Waals surface area contributed by atoms with Gasteiger partial charge >= 0.3 is 0 Å². The zero-order chi connectivity index (χ0) is 11.0. The van der Waals surface area contributed by atoms with E-state index < -0.39 is 0 Å². The lowest BCUT2D eigenvalue weighted by atomic mass is 10.0. The molecule has 0 spiro atoms. The molecule has 1 heteroatoms. The Hall–Kier alpha value is -0.820. The van der Waals surface area contributed by atoms with Gasteiger partial charge in [-0.3, -0.25) is 0 Å². The van der Waals surface area contributed by atoms with Gasteiger partial charge in [-0.05, 0) is 18.9 Å². The molecule has 1 rings (SSSR count). The van der Waals surface area contributed by atoms with Gasteiger partial charge in [0.1, 0.15) is 0 Å². The van der Waals surface area contributed by atoms with Gasteiger partial charge in [0.25, 0.3) is 0 Å². The van der Waals surface area contributed by atoms with Crippen molar-refractivity contribution >= 4 is 0 Å². The molecule has 14 heavy (non-hydrogen) atoms. The van der Waals surface area contributed by atoms with E-state index in [1.165, 1.54) is 11.1 Å². The van der Waals surface area contributed by atoms with Gasteiger partial charge in [-0.15, -0.1) is 0 Å². The van der Waals surface area contributed by atoms with E-state index in [0.29, 0.717) is 0 Å². The van der Waals surface area contributed by atoms with Crippen LogP contribution in [0.15, 0.2) is 24.3 Å².